The van der Waals surface area contributed by atoms with Gasteiger partial charge >= 0.3 is 0 Å². The van der Waals surface area contributed by atoms with E-state index in [1.54, 1.807) is 0 Å². The van der Waals surface area contributed by atoms with Crippen molar-refractivity contribution in [2.75, 3.05) is 18.8 Å². The van der Waals surface area contributed by atoms with Gasteiger partial charge in [0.2, 0.25) is 0 Å². The van der Waals surface area contributed by atoms with E-state index in [0.29, 0.717) is 17.1 Å². The number of carbonyl (C=O) groups is 1. The Balaban J connectivity index is 2.04. The van der Waals surface area contributed by atoms with E-state index in [9.17, 15) is 4.79 Å². The van der Waals surface area contributed by atoms with Gasteiger partial charge in [-0.2, -0.15) is 0 Å². The van der Waals surface area contributed by atoms with Crippen LogP contribution in [-0.4, -0.2) is 28.9 Å². The van der Waals surface area contributed by atoms with E-state index in [4.69, 9.17) is 10.7 Å². The number of thiophene rings is 1. The maximum Gasteiger partial charge on any atom is 0.266 e. The lowest BCUT2D eigenvalue weighted by Crippen LogP contribution is -2.31. The number of nitrogens with two attached hydrogens (primary N) is 1. The number of aromatic nitrogens is 1. The zero-order chi connectivity index (χ0) is 15.0. The van der Waals surface area contributed by atoms with Crippen molar-refractivity contribution in [3.8, 4) is 0 Å². The predicted octanol–water partition coefficient (Wildman–Crippen LogP) is 3.24. The van der Waals surface area contributed by atoms with Gasteiger partial charge in [0.1, 0.15) is 9.71 Å². The second-order valence-corrected chi connectivity index (χ2v) is 6.53. The topological polar surface area (TPSA) is 59.2 Å². The van der Waals surface area contributed by atoms with Crippen LogP contribution in [-0.2, 0) is 12.8 Å². The van der Waals surface area contributed by atoms with E-state index in [2.05, 4.69) is 13.0 Å². The van der Waals surface area contributed by atoms with Gasteiger partial charge in [0, 0.05) is 24.2 Å². The summed E-state index contributed by atoms with van der Waals surface area (Å²) in [5, 5.41) is 0.955. The van der Waals surface area contributed by atoms with Crippen LogP contribution in [0.4, 0.5) is 5.69 Å². The van der Waals surface area contributed by atoms with Crippen molar-refractivity contribution in [2.24, 2.45) is 0 Å². The van der Waals surface area contributed by atoms with Crippen molar-refractivity contribution >= 4 is 33.1 Å². The van der Waals surface area contributed by atoms with Crippen LogP contribution in [0.3, 0.4) is 0 Å². The molecule has 0 aliphatic heterocycles. The average molecular weight is 303 g/mol. The lowest BCUT2D eigenvalue weighted by atomic mass is 10.1. The Labute approximate surface area is 129 Å². The molecule has 0 bridgehead atoms. The standard InChI is InChI=1S/C16H21N3OS/c1-3-8-19(4-2)16(20)14-13(17)11-9-10-6-5-7-12(10)18-15(11)21-14/h9H,3-8,17H2,1-2H3. The molecule has 5 heteroatoms. The van der Waals surface area contributed by atoms with Crippen molar-refractivity contribution < 1.29 is 4.79 Å². The van der Waals surface area contributed by atoms with Crippen LogP contribution in [0.2, 0.25) is 0 Å². The highest BCUT2D eigenvalue weighted by atomic mass is 32.1. The fraction of sp³-hybridized carbons (Fsp3) is 0.500. The summed E-state index contributed by atoms with van der Waals surface area (Å²) in [6.07, 6.45) is 4.25. The van der Waals surface area contributed by atoms with E-state index in [1.165, 1.54) is 29.0 Å². The molecule has 21 heavy (non-hydrogen) atoms. The summed E-state index contributed by atoms with van der Waals surface area (Å²) < 4.78 is 0. The molecule has 2 aromatic rings. The molecule has 1 amide bonds. The fourth-order valence-electron chi connectivity index (χ4n) is 2.97. The SMILES string of the molecule is CCCN(CC)C(=O)c1sc2nc3c(cc2c1N)CCC3. The summed E-state index contributed by atoms with van der Waals surface area (Å²) in [6.45, 7) is 5.57. The van der Waals surface area contributed by atoms with Gasteiger partial charge < -0.3 is 10.6 Å². The molecule has 0 atom stereocenters. The van der Waals surface area contributed by atoms with Crippen LogP contribution in [0.1, 0.15) is 47.6 Å². The number of nitrogen functional groups attached to an aromatic ring is 1. The van der Waals surface area contributed by atoms with Gasteiger partial charge in [-0.3, -0.25) is 4.79 Å². The number of rotatable bonds is 4. The van der Waals surface area contributed by atoms with E-state index >= 15 is 0 Å². The van der Waals surface area contributed by atoms with Crippen LogP contribution >= 0.6 is 11.3 Å². The molecule has 0 unspecified atom stereocenters. The largest absolute Gasteiger partial charge is 0.397 e. The van der Waals surface area contributed by atoms with Gasteiger partial charge in [0.15, 0.2) is 0 Å². The molecule has 0 fully saturated rings. The third-order valence-electron chi connectivity index (χ3n) is 4.11. The van der Waals surface area contributed by atoms with E-state index in [1.807, 2.05) is 11.8 Å². The molecule has 0 saturated carbocycles. The normalized spacial score (nSPS) is 13.6. The van der Waals surface area contributed by atoms with Crippen molar-refractivity contribution in [3.05, 3.63) is 22.2 Å². The number of fused-ring (bicyclic) bond motifs is 2. The first-order valence-electron chi connectivity index (χ1n) is 7.65. The van der Waals surface area contributed by atoms with Crippen LogP contribution < -0.4 is 5.73 Å². The minimum absolute atomic E-state index is 0.0417. The average Bonchev–Trinajstić information content (AvgIpc) is 3.06. The van der Waals surface area contributed by atoms with Crippen LogP contribution in [0.5, 0.6) is 0 Å². The Bertz CT molecular complexity index is 692. The third kappa shape index (κ3) is 2.39. The van der Waals surface area contributed by atoms with Crippen molar-refractivity contribution in [3.63, 3.8) is 0 Å². The summed E-state index contributed by atoms with van der Waals surface area (Å²) in [7, 11) is 0. The lowest BCUT2D eigenvalue weighted by Gasteiger charge is -2.19. The summed E-state index contributed by atoms with van der Waals surface area (Å²) in [6, 6.07) is 2.14. The highest BCUT2D eigenvalue weighted by Gasteiger charge is 2.23. The van der Waals surface area contributed by atoms with Gasteiger partial charge in [0.05, 0.1) is 5.69 Å². The Morgan fingerprint density at radius 2 is 2.24 bits per heavy atom. The number of hydrogen-bond acceptors (Lipinski definition) is 4. The number of aryl methyl sites for hydroxylation is 2. The van der Waals surface area contributed by atoms with Gasteiger partial charge in [-0.25, -0.2) is 4.98 Å². The van der Waals surface area contributed by atoms with E-state index in [-0.39, 0.29) is 5.91 Å². The minimum atomic E-state index is 0.0417. The first-order valence-corrected chi connectivity index (χ1v) is 8.47. The van der Waals surface area contributed by atoms with Gasteiger partial charge in [-0.15, -0.1) is 11.3 Å². The number of carbonyl (C=O) groups excluding carboxylic acids is 1. The minimum Gasteiger partial charge on any atom is -0.397 e. The van der Waals surface area contributed by atoms with Crippen molar-refractivity contribution in [1.82, 2.24) is 9.88 Å². The molecule has 4 nitrogen and oxygen atoms in total. The van der Waals surface area contributed by atoms with Crippen molar-refractivity contribution in [1.29, 1.82) is 0 Å². The zero-order valence-corrected chi connectivity index (χ0v) is 13.4. The molecule has 2 heterocycles. The molecule has 0 saturated heterocycles. The van der Waals surface area contributed by atoms with Gasteiger partial charge in [-0.1, -0.05) is 6.92 Å². The molecular formula is C16H21N3OS. The monoisotopic (exact) mass is 303 g/mol. The number of hydrogen-bond donors (Lipinski definition) is 1. The fourth-order valence-corrected chi connectivity index (χ4v) is 4.04. The molecule has 2 aromatic heterocycles. The highest BCUT2D eigenvalue weighted by Crippen LogP contribution is 2.36. The summed E-state index contributed by atoms with van der Waals surface area (Å²) in [4.78, 5) is 20.8. The Morgan fingerprint density at radius 3 is 2.95 bits per heavy atom. The summed E-state index contributed by atoms with van der Waals surface area (Å²) in [5.41, 5.74) is 9.34. The molecule has 112 valence electrons. The molecular weight excluding hydrogens is 282 g/mol. The molecule has 1 aliphatic carbocycles. The van der Waals surface area contributed by atoms with Crippen molar-refractivity contribution in [2.45, 2.75) is 39.5 Å². The summed E-state index contributed by atoms with van der Waals surface area (Å²) in [5.74, 6) is 0.0417. The van der Waals surface area contributed by atoms with Crippen LogP contribution in [0.15, 0.2) is 6.07 Å². The molecule has 0 radical (unpaired) electrons. The van der Waals surface area contributed by atoms with Gasteiger partial charge in [-0.05, 0) is 44.2 Å². The zero-order valence-electron chi connectivity index (χ0n) is 12.6. The second-order valence-electron chi connectivity index (χ2n) is 5.53. The van der Waals surface area contributed by atoms with Gasteiger partial charge in [0.25, 0.3) is 5.91 Å². The first-order chi connectivity index (χ1) is 10.2. The molecule has 3 rings (SSSR count). The molecule has 0 aromatic carbocycles. The number of anilines is 1. The van der Waals surface area contributed by atoms with E-state index < -0.39 is 0 Å². The van der Waals surface area contributed by atoms with E-state index in [0.717, 1.165) is 36.0 Å². The maximum atomic E-state index is 12.6. The second kappa shape index (κ2) is 5.64. The Hall–Kier alpha value is -1.62. The third-order valence-corrected chi connectivity index (χ3v) is 5.21. The lowest BCUT2D eigenvalue weighted by molar-refractivity contribution is 0.0770. The Kier molecular flexibility index (Phi) is 3.85. The summed E-state index contributed by atoms with van der Waals surface area (Å²) >= 11 is 1.44. The molecule has 2 N–H and O–H groups in total. The smallest absolute Gasteiger partial charge is 0.266 e. The highest BCUT2D eigenvalue weighted by molar-refractivity contribution is 7.21. The quantitative estimate of drug-likeness (QED) is 0.943. The number of nitrogens with zero attached hydrogens (tertiary/aromatic N) is 2. The van der Waals surface area contributed by atoms with Crippen LogP contribution in [0.25, 0.3) is 10.2 Å². The molecule has 1 aliphatic rings. The number of amides is 1. The predicted molar refractivity (Wildman–Crippen MR) is 87.9 cm³/mol. The Morgan fingerprint density at radius 1 is 1.43 bits per heavy atom. The maximum absolute atomic E-state index is 12.6. The first kappa shape index (κ1) is 14.3. The number of pyridine rings is 1. The molecule has 0 spiro atoms. The van der Waals surface area contributed by atoms with Crippen LogP contribution in [0, 0.1) is 0 Å².